The Balaban J connectivity index is 3.04. The molecule has 14 heavy (non-hydrogen) atoms. The lowest BCUT2D eigenvalue weighted by atomic mass is 10.2. The van der Waals surface area contributed by atoms with Crippen LogP contribution in [0.1, 0.15) is 13.8 Å². The van der Waals surface area contributed by atoms with Gasteiger partial charge in [0.1, 0.15) is 12.4 Å². The summed E-state index contributed by atoms with van der Waals surface area (Å²) >= 11 is 0. The van der Waals surface area contributed by atoms with Crippen molar-refractivity contribution in [3.63, 3.8) is 0 Å². The molecule has 1 aliphatic heterocycles. The normalized spacial score (nSPS) is 20.1. The minimum absolute atomic E-state index is 0.785. The van der Waals surface area contributed by atoms with E-state index in [4.69, 9.17) is 5.11 Å². The summed E-state index contributed by atoms with van der Waals surface area (Å²) in [5, 5.41) is 8.90. The average Bonchev–Trinajstić information content (AvgIpc) is 1.99. The highest BCUT2D eigenvalue weighted by molar-refractivity contribution is 6.15. The molecule has 1 N–H and O–H groups in total. The maximum Gasteiger partial charge on any atom is 0.352 e. The summed E-state index contributed by atoms with van der Waals surface area (Å²) in [7, 11) is 0. The lowest BCUT2D eigenvalue weighted by molar-refractivity contribution is -0.222. The van der Waals surface area contributed by atoms with Crippen LogP contribution in [0.4, 0.5) is 4.39 Å². The SMILES string of the molecule is CC1(C)OC(=O)C(=C(O)CF)C(=O)O1. The van der Waals surface area contributed by atoms with Crippen molar-refractivity contribution in [2.75, 3.05) is 6.67 Å². The van der Waals surface area contributed by atoms with Crippen LogP contribution < -0.4 is 0 Å². The zero-order chi connectivity index (χ0) is 10.9. The van der Waals surface area contributed by atoms with Gasteiger partial charge in [-0.25, -0.2) is 14.0 Å². The first-order valence-electron chi connectivity index (χ1n) is 3.82. The van der Waals surface area contributed by atoms with E-state index in [1.807, 2.05) is 0 Å². The molecule has 1 heterocycles. The van der Waals surface area contributed by atoms with Gasteiger partial charge in [-0.15, -0.1) is 0 Å². The van der Waals surface area contributed by atoms with Gasteiger partial charge in [0, 0.05) is 13.8 Å². The molecule has 1 aliphatic rings. The molecule has 78 valence electrons. The minimum atomic E-state index is -1.38. The molecule has 1 rings (SSSR count). The van der Waals surface area contributed by atoms with E-state index in [9.17, 15) is 14.0 Å². The number of aliphatic hydroxyl groups excluding tert-OH is 1. The van der Waals surface area contributed by atoms with Crippen LogP contribution in [0.15, 0.2) is 11.3 Å². The summed E-state index contributed by atoms with van der Waals surface area (Å²) < 4.78 is 21.2. The third-order valence-corrected chi connectivity index (χ3v) is 1.50. The monoisotopic (exact) mass is 204 g/mol. The highest BCUT2D eigenvalue weighted by atomic mass is 19.1. The van der Waals surface area contributed by atoms with Crippen molar-refractivity contribution in [1.29, 1.82) is 0 Å². The van der Waals surface area contributed by atoms with Gasteiger partial charge in [-0.2, -0.15) is 0 Å². The average molecular weight is 204 g/mol. The second-order valence-electron chi connectivity index (χ2n) is 3.13. The molecule has 1 saturated heterocycles. The van der Waals surface area contributed by atoms with Crippen molar-refractivity contribution >= 4 is 11.9 Å². The predicted octanol–water partition coefficient (Wildman–Crippen LogP) is 0.604. The second-order valence-corrected chi connectivity index (χ2v) is 3.13. The van der Waals surface area contributed by atoms with Crippen LogP contribution in [0, 0.1) is 0 Å². The Bertz CT molecular complexity index is 296. The molecule has 0 spiro atoms. The molecule has 5 nitrogen and oxygen atoms in total. The molecule has 0 amide bonds. The number of hydrogen-bond donors (Lipinski definition) is 1. The number of cyclic esters (lactones) is 2. The Morgan fingerprint density at radius 3 is 2.14 bits per heavy atom. The highest BCUT2D eigenvalue weighted by Gasteiger charge is 2.41. The third-order valence-electron chi connectivity index (χ3n) is 1.50. The number of halogens is 1. The van der Waals surface area contributed by atoms with Gasteiger partial charge in [0.15, 0.2) is 5.57 Å². The molecule has 6 heteroatoms. The van der Waals surface area contributed by atoms with E-state index in [1.165, 1.54) is 13.8 Å². The largest absolute Gasteiger partial charge is 0.508 e. The van der Waals surface area contributed by atoms with Crippen molar-refractivity contribution in [3.8, 4) is 0 Å². The summed E-state index contributed by atoms with van der Waals surface area (Å²) in [5.74, 6) is -4.52. The van der Waals surface area contributed by atoms with Gasteiger partial charge >= 0.3 is 11.9 Å². The van der Waals surface area contributed by atoms with Crippen LogP contribution in [0.3, 0.4) is 0 Å². The number of hydrogen-bond acceptors (Lipinski definition) is 5. The molecule has 0 aliphatic carbocycles. The molecule has 0 atom stereocenters. The van der Waals surface area contributed by atoms with Gasteiger partial charge in [0.05, 0.1) is 0 Å². The van der Waals surface area contributed by atoms with Gasteiger partial charge in [-0.1, -0.05) is 0 Å². The molecular formula is C8H9FO5. The van der Waals surface area contributed by atoms with E-state index in [0.717, 1.165) is 0 Å². The number of allylic oxidation sites excluding steroid dienone is 1. The Labute approximate surface area is 79.1 Å². The van der Waals surface area contributed by atoms with Gasteiger partial charge in [0.2, 0.25) is 0 Å². The van der Waals surface area contributed by atoms with Crippen molar-refractivity contribution in [2.24, 2.45) is 0 Å². The first-order chi connectivity index (χ1) is 6.37. The summed E-state index contributed by atoms with van der Waals surface area (Å²) in [6, 6.07) is 0. The Morgan fingerprint density at radius 2 is 1.79 bits per heavy atom. The first kappa shape index (κ1) is 10.5. The third kappa shape index (κ3) is 1.84. The number of aliphatic hydroxyl groups is 1. The van der Waals surface area contributed by atoms with Crippen LogP contribution in [0.2, 0.25) is 0 Å². The van der Waals surface area contributed by atoms with Gasteiger partial charge in [0.25, 0.3) is 5.79 Å². The number of rotatable bonds is 1. The zero-order valence-electron chi connectivity index (χ0n) is 7.67. The first-order valence-corrected chi connectivity index (χ1v) is 3.82. The molecule has 0 unspecified atom stereocenters. The lowest BCUT2D eigenvalue weighted by Gasteiger charge is -2.29. The van der Waals surface area contributed by atoms with Crippen molar-refractivity contribution in [3.05, 3.63) is 11.3 Å². The number of carbonyl (C=O) groups excluding carboxylic acids is 2. The standard InChI is InChI=1S/C8H9FO5/c1-8(2)13-6(11)5(4(10)3-9)7(12)14-8/h10H,3H2,1-2H3. The molecule has 0 aromatic heterocycles. The van der Waals surface area contributed by atoms with E-state index in [-0.39, 0.29) is 0 Å². The van der Waals surface area contributed by atoms with Gasteiger partial charge in [-0.05, 0) is 0 Å². The maximum atomic E-state index is 12.0. The van der Waals surface area contributed by atoms with Crippen molar-refractivity contribution in [2.45, 2.75) is 19.6 Å². The molecule has 0 radical (unpaired) electrons. The highest BCUT2D eigenvalue weighted by Crippen LogP contribution is 2.23. The Morgan fingerprint density at radius 1 is 1.36 bits per heavy atom. The van der Waals surface area contributed by atoms with E-state index < -0.39 is 35.7 Å². The van der Waals surface area contributed by atoms with Crippen LogP contribution in [-0.4, -0.2) is 29.5 Å². The van der Waals surface area contributed by atoms with Crippen LogP contribution in [-0.2, 0) is 19.1 Å². The zero-order valence-corrected chi connectivity index (χ0v) is 7.67. The molecule has 1 fully saturated rings. The Kier molecular flexibility index (Phi) is 2.46. The number of ether oxygens (including phenoxy) is 2. The van der Waals surface area contributed by atoms with Gasteiger partial charge < -0.3 is 14.6 Å². The fourth-order valence-corrected chi connectivity index (χ4v) is 0.955. The topological polar surface area (TPSA) is 72.8 Å². The van der Waals surface area contributed by atoms with Crippen LogP contribution >= 0.6 is 0 Å². The number of carbonyl (C=O) groups is 2. The van der Waals surface area contributed by atoms with E-state index >= 15 is 0 Å². The van der Waals surface area contributed by atoms with E-state index in [0.29, 0.717) is 0 Å². The number of esters is 2. The maximum absolute atomic E-state index is 12.0. The smallest absolute Gasteiger partial charge is 0.352 e. The molecule has 0 aromatic rings. The fourth-order valence-electron chi connectivity index (χ4n) is 0.955. The summed E-state index contributed by atoms with van der Waals surface area (Å²) in [5.41, 5.74) is -0.785. The summed E-state index contributed by atoms with van der Waals surface area (Å²) in [6.07, 6.45) is 0. The molecular weight excluding hydrogens is 195 g/mol. The summed E-state index contributed by atoms with van der Waals surface area (Å²) in [6.45, 7) is 1.39. The second kappa shape index (κ2) is 3.28. The Hall–Kier alpha value is -1.59. The lowest BCUT2D eigenvalue weighted by Crippen LogP contribution is -2.42. The van der Waals surface area contributed by atoms with E-state index in [2.05, 4.69) is 9.47 Å². The van der Waals surface area contributed by atoms with Crippen molar-refractivity contribution < 1.29 is 28.6 Å². The molecule has 0 bridgehead atoms. The summed E-state index contributed by atoms with van der Waals surface area (Å²) in [4.78, 5) is 22.2. The van der Waals surface area contributed by atoms with E-state index in [1.54, 1.807) is 0 Å². The predicted molar refractivity (Wildman–Crippen MR) is 41.9 cm³/mol. The number of alkyl halides is 1. The van der Waals surface area contributed by atoms with Crippen molar-refractivity contribution in [1.82, 2.24) is 0 Å². The fraction of sp³-hybridized carbons (Fsp3) is 0.500. The minimum Gasteiger partial charge on any atom is -0.508 e. The molecule has 0 aromatic carbocycles. The van der Waals surface area contributed by atoms with Crippen LogP contribution in [0.25, 0.3) is 0 Å². The van der Waals surface area contributed by atoms with Crippen LogP contribution in [0.5, 0.6) is 0 Å². The quantitative estimate of drug-likeness (QED) is 0.293. The molecule has 0 saturated carbocycles. The van der Waals surface area contributed by atoms with Gasteiger partial charge in [-0.3, -0.25) is 0 Å².